The van der Waals surface area contributed by atoms with Crippen molar-refractivity contribution in [1.82, 2.24) is 5.32 Å². The zero-order valence-corrected chi connectivity index (χ0v) is 14.0. The molecule has 0 atom stereocenters. The smallest absolute Gasteiger partial charge is 0.220 e. The van der Waals surface area contributed by atoms with Gasteiger partial charge in [0, 0.05) is 13.0 Å². The minimum atomic E-state index is -0.253. The van der Waals surface area contributed by atoms with Gasteiger partial charge in [-0.25, -0.2) is 0 Å². The highest BCUT2D eigenvalue weighted by atomic mass is 35.5. The number of aryl methyl sites for hydroxylation is 1. The first-order valence-corrected chi connectivity index (χ1v) is 7.23. The van der Waals surface area contributed by atoms with Crippen LogP contribution in [0, 0.1) is 0 Å². The van der Waals surface area contributed by atoms with Crippen molar-refractivity contribution in [2.75, 3.05) is 13.7 Å². The fourth-order valence-corrected chi connectivity index (χ4v) is 2.17. The molecule has 0 saturated carbocycles. The Balaban J connectivity index is 0.00000400. The van der Waals surface area contributed by atoms with Gasteiger partial charge >= 0.3 is 0 Å². The number of nitrogens with two attached hydrogens (primary N) is 1. The summed E-state index contributed by atoms with van der Waals surface area (Å²) in [7, 11) is 1.64. The highest BCUT2D eigenvalue weighted by molar-refractivity contribution is 5.85. The van der Waals surface area contributed by atoms with Gasteiger partial charge in [-0.05, 0) is 37.0 Å². The molecule has 0 bridgehead atoms. The highest BCUT2D eigenvalue weighted by Gasteiger charge is 2.25. The largest absolute Gasteiger partial charge is 0.497 e. The Morgan fingerprint density at radius 1 is 1.24 bits per heavy atom. The molecular formula is C16H27ClN2O2. The summed E-state index contributed by atoms with van der Waals surface area (Å²) in [6.07, 6.45) is 2.92. The quantitative estimate of drug-likeness (QED) is 0.775. The lowest BCUT2D eigenvalue weighted by atomic mass is 9.92. The van der Waals surface area contributed by atoms with Gasteiger partial charge in [-0.2, -0.15) is 0 Å². The molecule has 21 heavy (non-hydrogen) atoms. The van der Waals surface area contributed by atoms with E-state index < -0.39 is 0 Å². The van der Waals surface area contributed by atoms with Gasteiger partial charge in [0.1, 0.15) is 5.75 Å². The van der Waals surface area contributed by atoms with Crippen molar-refractivity contribution < 1.29 is 9.53 Å². The van der Waals surface area contributed by atoms with Crippen LogP contribution in [0.15, 0.2) is 24.3 Å². The van der Waals surface area contributed by atoms with Gasteiger partial charge in [-0.1, -0.05) is 26.0 Å². The molecule has 5 heteroatoms. The second kappa shape index (κ2) is 9.64. The van der Waals surface area contributed by atoms with E-state index in [0.29, 0.717) is 13.0 Å². The van der Waals surface area contributed by atoms with Crippen molar-refractivity contribution in [2.24, 2.45) is 5.73 Å². The topological polar surface area (TPSA) is 64.3 Å². The summed E-state index contributed by atoms with van der Waals surface area (Å²) >= 11 is 0. The molecule has 120 valence electrons. The zero-order valence-electron chi connectivity index (χ0n) is 13.1. The molecule has 1 aromatic rings. The minimum Gasteiger partial charge on any atom is -0.497 e. The number of hydrogen-bond acceptors (Lipinski definition) is 3. The summed E-state index contributed by atoms with van der Waals surface area (Å²) < 4.78 is 5.11. The number of rotatable bonds is 8. The molecule has 3 N–H and O–H groups in total. The Morgan fingerprint density at radius 2 is 1.81 bits per heavy atom. The van der Waals surface area contributed by atoms with Gasteiger partial charge in [-0.15, -0.1) is 12.4 Å². The van der Waals surface area contributed by atoms with E-state index in [-0.39, 0.29) is 23.9 Å². The lowest BCUT2D eigenvalue weighted by Gasteiger charge is -2.31. The van der Waals surface area contributed by atoms with Crippen LogP contribution >= 0.6 is 12.4 Å². The third-order valence-electron chi connectivity index (χ3n) is 3.95. The standard InChI is InChI=1S/C16H26N2O2.ClH/c1-4-16(5-2,12-17)18-15(19)11-8-13-6-9-14(20-3)10-7-13;/h6-7,9-10H,4-5,8,11-12,17H2,1-3H3,(H,18,19);1H. The SMILES string of the molecule is CCC(CC)(CN)NC(=O)CCc1ccc(OC)cc1.Cl. The first-order valence-electron chi connectivity index (χ1n) is 7.23. The van der Waals surface area contributed by atoms with Gasteiger partial charge in [0.05, 0.1) is 12.6 Å². The molecule has 0 saturated heterocycles. The fourth-order valence-electron chi connectivity index (χ4n) is 2.17. The maximum absolute atomic E-state index is 12.0. The maximum Gasteiger partial charge on any atom is 0.220 e. The highest BCUT2D eigenvalue weighted by Crippen LogP contribution is 2.15. The number of carbonyl (C=O) groups excluding carboxylic acids is 1. The van der Waals surface area contributed by atoms with Crippen molar-refractivity contribution in [3.63, 3.8) is 0 Å². The predicted molar refractivity (Wildman–Crippen MR) is 89.1 cm³/mol. The number of ether oxygens (including phenoxy) is 1. The average molecular weight is 315 g/mol. The van der Waals surface area contributed by atoms with Crippen LogP contribution in [0.5, 0.6) is 5.75 Å². The number of hydrogen-bond donors (Lipinski definition) is 2. The van der Waals surface area contributed by atoms with Gasteiger partial charge in [0.2, 0.25) is 5.91 Å². The summed E-state index contributed by atoms with van der Waals surface area (Å²) in [6.45, 7) is 4.59. The Labute approximate surface area is 133 Å². The van der Waals surface area contributed by atoms with E-state index in [0.717, 1.165) is 30.6 Å². The Morgan fingerprint density at radius 3 is 2.24 bits per heavy atom. The molecule has 1 rings (SSSR count). The lowest BCUT2D eigenvalue weighted by Crippen LogP contribution is -2.52. The Bertz CT molecular complexity index is 409. The van der Waals surface area contributed by atoms with Gasteiger partial charge < -0.3 is 15.8 Å². The molecule has 1 amide bonds. The molecule has 0 unspecified atom stereocenters. The monoisotopic (exact) mass is 314 g/mol. The van der Waals surface area contributed by atoms with Crippen LogP contribution in [-0.4, -0.2) is 25.1 Å². The Kier molecular flexibility index (Phi) is 9.06. The molecule has 0 heterocycles. The van der Waals surface area contributed by atoms with Crippen molar-refractivity contribution >= 4 is 18.3 Å². The normalized spacial score (nSPS) is 10.7. The number of halogens is 1. The fraction of sp³-hybridized carbons (Fsp3) is 0.562. The predicted octanol–water partition coefficient (Wildman–Crippen LogP) is 2.68. The maximum atomic E-state index is 12.0. The van der Waals surface area contributed by atoms with Gasteiger partial charge in [-0.3, -0.25) is 4.79 Å². The number of nitrogens with one attached hydrogen (secondary N) is 1. The molecule has 0 fully saturated rings. The number of amides is 1. The van der Waals surface area contributed by atoms with Crippen molar-refractivity contribution in [3.05, 3.63) is 29.8 Å². The second-order valence-electron chi connectivity index (χ2n) is 5.09. The van der Waals surface area contributed by atoms with E-state index in [1.165, 1.54) is 0 Å². The van der Waals surface area contributed by atoms with Crippen LogP contribution in [0.1, 0.15) is 38.7 Å². The van der Waals surface area contributed by atoms with Crippen LogP contribution in [0.2, 0.25) is 0 Å². The molecular weight excluding hydrogens is 288 g/mol. The molecule has 4 nitrogen and oxygen atoms in total. The van der Waals surface area contributed by atoms with Crippen molar-refractivity contribution in [1.29, 1.82) is 0 Å². The minimum absolute atomic E-state index is 0. The summed E-state index contributed by atoms with van der Waals surface area (Å²) in [6, 6.07) is 7.80. The van der Waals surface area contributed by atoms with Crippen molar-refractivity contribution in [3.8, 4) is 5.75 Å². The van der Waals surface area contributed by atoms with Crippen molar-refractivity contribution in [2.45, 2.75) is 45.1 Å². The van der Waals surface area contributed by atoms with Crippen LogP contribution in [-0.2, 0) is 11.2 Å². The van der Waals surface area contributed by atoms with Crippen LogP contribution in [0.4, 0.5) is 0 Å². The Hall–Kier alpha value is -1.26. The number of benzene rings is 1. The average Bonchev–Trinajstić information content (AvgIpc) is 2.51. The summed E-state index contributed by atoms with van der Waals surface area (Å²) in [5, 5.41) is 3.08. The first kappa shape index (κ1) is 19.7. The summed E-state index contributed by atoms with van der Waals surface area (Å²) in [5.41, 5.74) is 6.67. The third-order valence-corrected chi connectivity index (χ3v) is 3.95. The van der Waals surface area contributed by atoms with E-state index in [1.54, 1.807) is 7.11 Å². The van der Waals surface area contributed by atoms with E-state index >= 15 is 0 Å². The summed E-state index contributed by atoms with van der Waals surface area (Å²) in [4.78, 5) is 12.0. The molecule has 1 aromatic carbocycles. The van der Waals surface area contributed by atoms with Gasteiger partial charge in [0.25, 0.3) is 0 Å². The number of carbonyl (C=O) groups is 1. The van der Waals surface area contributed by atoms with Crippen LogP contribution < -0.4 is 15.8 Å². The summed E-state index contributed by atoms with van der Waals surface area (Å²) in [5.74, 6) is 0.896. The van der Waals surface area contributed by atoms with Gasteiger partial charge in [0.15, 0.2) is 0 Å². The van der Waals surface area contributed by atoms with E-state index in [2.05, 4.69) is 19.2 Å². The molecule has 0 aliphatic rings. The molecule has 0 aliphatic heterocycles. The second-order valence-corrected chi connectivity index (χ2v) is 5.09. The van der Waals surface area contributed by atoms with E-state index in [1.807, 2.05) is 24.3 Å². The van der Waals surface area contributed by atoms with E-state index in [4.69, 9.17) is 10.5 Å². The third kappa shape index (κ3) is 5.94. The molecule has 0 spiro atoms. The van der Waals surface area contributed by atoms with E-state index in [9.17, 15) is 4.79 Å². The van der Waals surface area contributed by atoms with Crippen LogP contribution in [0.25, 0.3) is 0 Å². The molecule has 0 aliphatic carbocycles. The molecule has 0 aromatic heterocycles. The first-order chi connectivity index (χ1) is 9.59. The molecule has 0 radical (unpaired) electrons. The zero-order chi connectivity index (χ0) is 15.0. The number of methoxy groups -OCH3 is 1. The lowest BCUT2D eigenvalue weighted by molar-refractivity contribution is -0.123. The van der Waals surface area contributed by atoms with Crippen LogP contribution in [0.3, 0.4) is 0 Å².